The van der Waals surface area contributed by atoms with E-state index in [9.17, 15) is 5.11 Å². The van der Waals surface area contributed by atoms with Gasteiger partial charge in [-0.05, 0) is 5.92 Å². The number of nitrogens with one attached hydrogen (secondary N) is 2. The van der Waals surface area contributed by atoms with E-state index < -0.39 is 6.10 Å². The zero-order valence-corrected chi connectivity index (χ0v) is 10.0. The third-order valence-corrected chi connectivity index (χ3v) is 2.31. The number of nitrogens with zero attached hydrogens (tertiary/aromatic N) is 2. The quantitative estimate of drug-likeness (QED) is 0.341. The largest absolute Gasteiger partial charge is 0.394 e. The minimum Gasteiger partial charge on any atom is -0.394 e. The normalized spacial score (nSPS) is 12.6. The molecule has 0 amide bonds. The molecule has 7 heteroatoms. The number of hydrogen-bond acceptors (Lipinski definition) is 7. The summed E-state index contributed by atoms with van der Waals surface area (Å²) in [5, 5.41) is 21.0. The van der Waals surface area contributed by atoms with Crippen LogP contribution in [0.25, 0.3) is 0 Å². The van der Waals surface area contributed by atoms with Gasteiger partial charge in [0, 0.05) is 12.1 Å². The number of aliphatic hydroxyl groups is 2. The Kier molecular flexibility index (Phi) is 5.08. The van der Waals surface area contributed by atoms with Crippen LogP contribution < -0.4 is 16.6 Å². The summed E-state index contributed by atoms with van der Waals surface area (Å²) in [5.41, 5.74) is 3.36. The summed E-state index contributed by atoms with van der Waals surface area (Å²) < 4.78 is 0. The Morgan fingerprint density at radius 1 is 1.35 bits per heavy atom. The molecular formula is C10H19N5O2. The van der Waals surface area contributed by atoms with Gasteiger partial charge >= 0.3 is 0 Å². The van der Waals surface area contributed by atoms with Crippen molar-refractivity contribution in [2.75, 3.05) is 23.9 Å². The molecule has 6 N–H and O–H groups in total. The van der Waals surface area contributed by atoms with Gasteiger partial charge in [0.25, 0.3) is 0 Å². The lowest BCUT2D eigenvalue weighted by atomic mass is 10.0. The summed E-state index contributed by atoms with van der Waals surface area (Å²) in [6.45, 7) is 3.91. The Bertz CT molecular complexity index is 359. The van der Waals surface area contributed by atoms with Crippen LogP contribution in [-0.4, -0.2) is 39.4 Å². The highest BCUT2D eigenvalue weighted by molar-refractivity contribution is 5.58. The Morgan fingerprint density at radius 2 is 2.00 bits per heavy atom. The first-order valence-corrected chi connectivity index (χ1v) is 5.44. The lowest BCUT2D eigenvalue weighted by molar-refractivity contribution is 0.105. The zero-order valence-electron chi connectivity index (χ0n) is 10.0. The molecular weight excluding hydrogens is 222 g/mol. The van der Waals surface area contributed by atoms with Crippen molar-refractivity contribution in [1.29, 1.82) is 0 Å². The zero-order chi connectivity index (χ0) is 12.8. The first-order chi connectivity index (χ1) is 8.10. The molecule has 0 spiro atoms. The minimum absolute atomic E-state index is 0.177. The Hall–Kier alpha value is -1.44. The van der Waals surface area contributed by atoms with E-state index >= 15 is 0 Å². The lowest BCUT2D eigenvalue weighted by Gasteiger charge is -2.17. The van der Waals surface area contributed by atoms with E-state index in [1.165, 1.54) is 6.33 Å². The molecule has 0 fully saturated rings. The van der Waals surface area contributed by atoms with Gasteiger partial charge in [0.1, 0.15) is 18.0 Å². The van der Waals surface area contributed by atoms with Gasteiger partial charge in [0.2, 0.25) is 0 Å². The molecule has 1 rings (SSSR count). The summed E-state index contributed by atoms with van der Waals surface area (Å²) in [4.78, 5) is 8.13. The van der Waals surface area contributed by atoms with Crippen molar-refractivity contribution < 1.29 is 10.2 Å². The van der Waals surface area contributed by atoms with Gasteiger partial charge in [-0.1, -0.05) is 13.8 Å². The molecule has 0 aromatic carbocycles. The maximum atomic E-state index is 9.28. The smallest absolute Gasteiger partial charge is 0.148 e. The van der Waals surface area contributed by atoms with Crippen molar-refractivity contribution in [3.63, 3.8) is 0 Å². The molecule has 17 heavy (non-hydrogen) atoms. The molecule has 1 unspecified atom stereocenters. The summed E-state index contributed by atoms with van der Waals surface area (Å²) in [7, 11) is 0. The SMILES string of the molecule is CC(C)c1c(NN)ncnc1NCC(O)CO. The molecule has 1 aromatic rings. The van der Waals surface area contributed by atoms with Crippen molar-refractivity contribution in [2.24, 2.45) is 5.84 Å². The van der Waals surface area contributed by atoms with Crippen LogP contribution in [0.3, 0.4) is 0 Å². The maximum absolute atomic E-state index is 9.28. The van der Waals surface area contributed by atoms with Crippen molar-refractivity contribution >= 4 is 11.6 Å². The second kappa shape index (κ2) is 6.33. The fourth-order valence-corrected chi connectivity index (χ4v) is 1.48. The second-order valence-electron chi connectivity index (χ2n) is 4.00. The summed E-state index contributed by atoms with van der Waals surface area (Å²) in [5.74, 6) is 6.72. The number of aromatic nitrogens is 2. The van der Waals surface area contributed by atoms with Crippen LogP contribution in [0.5, 0.6) is 0 Å². The molecule has 0 saturated carbocycles. The summed E-state index contributed by atoms with van der Waals surface area (Å²) >= 11 is 0. The predicted molar refractivity (Wildman–Crippen MR) is 65.5 cm³/mol. The first-order valence-electron chi connectivity index (χ1n) is 5.44. The molecule has 0 radical (unpaired) electrons. The second-order valence-corrected chi connectivity index (χ2v) is 4.00. The summed E-state index contributed by atoms with van der Waals surface area (Å²) in [6.07, 6.45) is 0.564. The highest BCUT2D eigenvalue weighted by Gasteiger charge is 2.14. The highest BCUT2D eigenvalue weighted by Crippen LogP contribution is 2.27. The molecule has 1 heterocycles. The predicted octanol–water partition coefficient (Wildman–Crippen LogP) is -0.349. The average Bonchev–Trinajstić information content (AvgIpc) is 2.34. The minimum atomic E-state index is -0.820. The fraction of sp³-hybridized carbons (Fsp3) is 0.600. The average molecular weight is 241 g/mol. The molecule has 0 saturated heterocycles. The number of rotatable bonds is 6. The highest BCUT2D eigenvalue weighted by atomic mass is 16.3. The van der Waals surface area contributed by atoms with E-state index in [1.54, 1.807) is 0 Å². The Morgan fingerprint density at radius 3 is 2.53 bits per heavy atom. The van der Waals surface area contributed by atoms with Gasteiger partial charge < -0.3 is 21.0 Å². The van der Waals surface area contributed by atoms with Gasteiger partial charge in [0.15, 0.2) is 0 Å². The van der Waals surface area contributed by atoms with Crippen LogP contribution in [0.4, 0.5) is 11.6 Å². The first kappa shape index (κ1) is 13.6. The van der Waals surface area contributed by atoms with Crippen LogP contribution in [0.1, 0.15) is 25.3 Å². The van der Waals surface area contributed by atoms with Crippen LogP contribution in [-0.2, 0) is 0 Å². The maximum Gasteiger partial charge on any atom is 0.148 e. The van der Waals surface area contributed by atoms with Gasteiger partial charge in [0.05, 0.1) is 12.7 Å². The van der Waals surface area contributed by atoms with Crippen molar-refractivity contribution in [2.45, 2.75) is 25.9 Å². The van der Waals surface area contributed by atoms with E-state index in [0.29, 0.717) is 11.6 Å². The number of anilines is 2. The number of hydrazine groups is 1. The van der Waals surface area contributed by atoms with Gasteiger partial charge in [-0.3, -0.25) is 0 Å². The number of hydrogen-bond donors (Lipinski definition) is 5. The molecule has 0 aliphatic heterocycles. The molecule has 0 aliphatic rings. The van der Waals surface area contributed by atoms with E-state index in [-0.39, 0.29) is 19.1 Å². The van der Waals surface area contributed by atoms with Gasteiger partial charge in [-0.2, -0.15) is 0 Å². The van der Waals surface area contributed by atoms with Gasteiger partial charge in [-0.15, -0.1) is 0 Å². The van der Waals surface area contributed by atoms with Crippen LogP contribution >= 0.6 is 0 Å². The van der Waals surface area contributed by atoms with Crippen molar-refractivity contribution in [3.05, 3.63) is 11.9 Å². The topological polar surface area (TPSA) is 116 Å². The van der Waals surface area contributed by atoms with Crippen molar-refractivity contribution in [3.8, 4) is 0 Å². The molecule has 0 aliphatic carbocycles. The summed E-state index contributed by atoms with van der Waals surface area (Å²) in [6, 6.07) is 0. The van der Waals surface area contributed by atoms with Crippen LogP contribution in [0.2, 0.25) is 0 Å². The van der Waals surface area contributed by atoms with Gasteiger partial charge in [-0.25, -0.2) is 15.8 Å². The number of nitrogens with two attached hydrogens (primary N) is 1. The molecule has 0 bridgehead atoms. The molecule has 7 nitrogen and oxygen atoms in total. The molecule has 96 valence electrons. The lowest BCUT2D eigenvalue weighted by Crippen LogP contribution is -2.24. The number of aliphatic hydroxyl groups excluding tert-OH is 2. The standard InChI is InChI=1S/C10H19N5O2/c1-6(2)8-9(12-3-7(17)4-16)13-5-14-10(8)15-11/h5-7,16-17H,3-4,11H2,1-2H3,(H2,12,13,14,15). The van der Waals surface area contributed by atoms with Crippen LogP contribution in [0.15, 0.2) is 6.33 Å². The number of nitrogen functional groups attached to an aromatic ring is 1. The third kappa shape index (κ3) is 3.52. The van der Waals surface area contributed by atoms with E-state index in [1.807, 2.05) is 13.8 Å². The Balaban J connectivity index is 2.90. The van der Waals surface area contributed by atoms with E-state index in [4.69, 9.17) is 10.9 Å². The van der Waals surface area contributed by atoms with E-state index in [0.717, 1.165) is 5.56 Å². The third-order valence-electron chi connectivity index (χ3n) is 2.31. The fourth-order valence-electron chi connectivity index (χ4n) is 1.48. The molecule has 1 aromatic heterocycles. The van der Waals surface area contributed by atoms with Crippen molar-refractivity contribution in [1.82, 2.24) is 9.97 Å². The molecule has 1 atom stereocenters. The van der Waals surface area contributed by atoms with Crippen LogP contribution in [0, 0.1) is 0 Å². The monoisotopic (exact) mass is 241 g/mol. The van der Waals surface area contributed by atoms with E-state index in [2.05, 4.69) is 20.7 Å². The Labute approximate surface area is 100 Å².